The Morgan fingerprint density at radius 3 is 2.74 bits per heavy atom. The molecule has 0 bridgehead atoms. The zero-order chi connectivity index (χ0) is 16.7. The molecule has 120 valence electrons. The van der Waals surface area contributed by atoms with Gasteiger partial charge in [0, 0.05) is 37.2 Å². The van der Waals surface area contributed by atoms with Crippen molar-refractivity contribution >= 4 is 34.9 Å². The predicted octanol–water partition coefficient (Wildman–Crippen LogP) is 3.42. The quantitative estimate of drug-likeness (QED) is 0.826. The van der Waals surface area contributed by atoms with Gasteiger partial charge >= 0.3 is 0 Å². The summed E-state index contributed by atoms with van der Waals surface area (Å²) in [6.45, 7) is 0. The lowest BCUT2D eigenvalue weighted by molar-refractivity contribution is -0.128. The van der Waals surface area contributed by atoms with Crippen molar-refractivity contribution in [3.63, 3.8) is 0 Å². The van der Waals surface area contributed by atoms with Crippen molar-refractivity contribution in [2.24, 2.45) is 0 Å². The Balaban J connectivity index is 1.91. The van der Waals surface area contributed by atoms with Crippen molar-refractivity contribution in [3.05, 3.63) is 58.3 Å². The highest BCUT2D eigenvalue weighted by Crippen LogP contribution is 2.14. The van der Waals surface area contributed by atoms with Gasteiger partial charge in [-0.25, -0.2) is 0 Å². The smallest absolute Gasteiger partial charge is 0.248 e. The number of carbonyl (C=O) groups excluding carboxylic acids is 2. The van der Waals surface area contributed by atoms with Gasteiger partial charge in [0.05, 0.1) is 0 Å². The first-order valence-electron chi connectivity index (χ1n) is 7.36. The van der Waals surface area contributed by atoms with Crippen molar-refractivity contribution < 1.29 is 9.59 Å². The maximum atomic E-state index is 11.9. The second-order valence-electron chi connectivity index (χ2n) is 5.33. The van der Waals surface area contributed by atoms with Crippen LogP contribution in [0.2, 0.25) is 0 Å². The van der Waals surface area contributed by atoms with Crippen LogP contribution in [0.5, 0.6) is 0 Å². The summed E-state index contributed by atoms with van der Waals surface area (Å²) in [6, 6.07) is 11.5. The van der Waals surface area contributed by atoms with Crippen LogP contribution in [0.15, 0.2) is 47.9 Å². The topological polar surface area (TPSA) is 49.4 Å². The normalized spacial score (nSPS) is 10.7. The van der Waals surface area contributed by atoms with Crippen LogP contribution in [0, 0.1) is 0 Å². The molecule has 1 N–H and O–H groups in total. The molecular weight excluding hydrogens is 308 g/mol. The molecule has 2 rings (SSSR count). The van der Waals surface area contributed by atoms with E-state index < -0.39 is 0 Å². The number of hydrogen-bond donors (Lipinski definition) is 1. The molecule has 0 aliphatic carbocycles. The number of benzene rings is 1. The molecule has 1 aromatic carbocycles. The van der Waals surface area contributed by atoms with Crippen LogP contribution in [0.25, 0.3) is 6.08 Å². The molecule has 1 aromatic heterocycles. The van der Waals surface area contributed by atoms with Crippen molar-refractivity contribution in [2.45, 2.75) is 12.8 Å². The van der Waals surface area contributed by atoms with E-state index in [1.54, 1.807) is 36.4 Å². The van der Waals surface area contributed by atoms with E-state index in [1.807, 2.05) is 41.8 Å². The van der Waals surface area contributed by atoms with Gasteiger partial charge in [-0.1, -0.05) is 18.2 Å². The first-order valence-corrected chi connectivity index (χ1v) is 8.24. The van der Waals surface area contributed by atoms with Gasteiger partial charge in [-0.3, -0.25) is 9.59 Å². The molecule has 2 aromatic rings. The van der Waals surface area contributed by atoms with Crippen LogP contribution in [0.4, 0.5) is 5.69 Å². The maximum Gasteiger partial charge on any atom is 0.248 e. The minimum atomic E-state index is -0.167. The second-order valence-corrected chi connectivity index (χ2v) is 6.31. The van der Waals surface area contributed by atoms with Crippen molar-refractivity contribution in [2.75, 3.05) is 19.4 Å². The number of nitrogens with one attached hydrogen (secondary N) is 1. The molecule has 0 saturated heterocycles. The van der Waals surface area contributed by atoms with Crippen LogP contribution < -0.4 is 5.32 Å². The zero-order valence-corrected chi connectivity index (χ0v) is 14.1. The van der Waals surface area contributed by atoms with Gasteiger partial charge in [0.15, 0.2) is 0 Å². The highest BCUT2D eigenvalue weighted by molar-refractivity contribution is 7.10. The van der Waals surface area contributed by atoms with Gasteiger partial charge in [0.25, 0.3) is 0 Å². The summed E-state index contributed by atoms with van der Waals surface area (Å²) in [5.74, 6) is -0.0711. The number of anilines is 1. The highest BCUT2D eigenvalue weighted by atomic mass is 32.1. The fourth-order valence-corrected chi connectivity index (χ4v) is 2.63. The first-order chi connectivity index (χ1) is 11.0. The first kappa shape index (κ1) is 17.0. The Kier molecular flexibility index (Phi) is 6.11. The third kappa shape index (κ3) is 5.71. The summed E-state index contributed by atoms with van der Waals surface area (Å²) in [7, 11) is 3.50. The number of thiophene rings is 1. The lowest BCUT2D eigenvalue weighted by Crippen LogP contribution is -2.21. The molecule has 0 radical (unpaired) electrons. The molecule has 1 heterocycles. The fourth-order valence-electron chi connectivity index (χ4n) is 2.01. The van der Waals surface area contributed by atoms with E-state index in [1.165, 1.54) is 6.08 Å². The van der Waals surface area contributed by atoms with E-state index >= 15 is 0 Å². The van der Waals surface area contributed by atoms with E-state index in [-0.39, 0.29) is 11.8 Å². The Bertz CT molecular complexity index is 691. The highest BCUT2D eigenvalue weighted by Gasteiger charge is 2.05. The molecule has 0 aliphatic rings. The third-order valence-corrected chi connectivity index (χ3v) is 4.10. The van der Waals surface area contributed by atoms with Gasteiger partial charge in [-0.15, -0.1) is 11.3 Å². The van der Waals surface area contributed by atoms with E-state index in [0.29, 0.717) is 12.8 Å². The molecule has 4 nitrogen and oxygen atoms in total. The molecule has 0 unspecified atom stereocenters. The van der Waals surface area contributed by atoms with Gasteiger partial charge in [0.1, 0.15) is 0 Å². The second kappa shape index (κ2) is 8.29. The molecule has 5 heteroatoms. The van der Waals surface area contributed by atoms with E-state index in [9.17, 15) is 9.59 Å². The fraction of sp³-hybridized carbons (Fsp3) is 0.222. The van der Waals surface area contributed by atoms with Crippen molar-refractivity contribution in [3.8, 4) is 0 Å². The average Bonchev–Trinajstić information content (AvgIpc) is 3.04. The molecule has 0 aliphatic heterocycles. The summed E-state index contributed by atoms with van der Waals surface area (Å²) in [6.07, 6.45) is 4.43. The molecule has 2 amide bonds. The molecule has 0 saturated carbocycles. The van der Waals surface area contributed by atoms with Crippen molar-refractivity contribution in [1.29, 1.82) is 0 Å². The number of rotatable bonds is 6. The van der Waals surface area contributed by atoms with Gasteiger partial charge in [0.2, 0.25) is 11.8 Å². The number of aryl methyl sites for hydroxylation is 1. The molecule has 0 fully saturated rings. The molecule has 0 atom stereocenters. The standard InChI is InChI=1S/C18H20N2O2S/c1-20(2)18(22)11-8-14-5-3-6-15(13-14)19-17(21)10-9-16-7-4-12-23-16/h3-7,9-10,12-13H,8,11H2,1-2H3,(H,19,21)/b10-9+. The third-order valence-electron chi connectivity index (χ3n) is 3.26. The lowest BCUT2D eigenvalue weighted by atomic mass is 10.1. The summed E-state index contributed by atoms with van der Waals surface area (Å²) in [5, 5.41) is 4.81. The minimum Gasteiger partial charge on any atom is -0.349 e. The zero-order valence-electron chi connectivity index (χ0n) is 13.3. The van der Waals surface area contributed by atoms with Crippen molar-refractivity contribution in [1.82, 2.24) is 4.90 Å². The van der Waals surface area contributed by atoms with Crippen LogP contribution in [-0.2, 0) is 16.0 Å². The molecular formula is C18H20N2O2S. The van der Waals surface area contributed by atoms with Crippen LogP contribution >= 0.6 is 11.3 Å². The van der Waals surface area contributed by atoms with E-state index in [4.69, 9.17) is 0 Å². The summed E-state index contributed by atoms with van der Waals surface area (Å²) < 4.78 is 0. The number of amides is 2. The summed E-state index contributed by atoms with van der Waals surface area (Å²) in [4.78, 5) is 26.2. The van der Waals surface area contributed by atoms with Gasteiger partial charge in [-0.05, 0) is 41.6 Å². The van der Waals surface area contributed by atoms with Gasteiger partial charge in [-0.2, -0.15) is 0 Å². The number of nitrogens with zero attached hydrogens (tertiary/aromatic N) is 1. The predicted molar refractivity (Wildman–Crippen MR) is 95.4 cm³/mol. The Labute approximate surface area is 140 Å². The van der Waals surface area contributed by atoms with Gasteiger partial charge < -0.3 is 10.2 Å². The Morgan fingerprint density at radius 2 is 2.04 bits per heavy atom. The number of carbonyl (C=O) groups is 2. The maximum absolute atomic E-state index is 11.9. The van der Waals surface area contributed by atoms with Crippen LogP contribution in [0.3, 0.4) is 0 Å². The summed E-state index contributed by atoms with van der Waals surface area (Å²) >= 11 is 1.58. The molecule has 0 spiro atoms. The Morgan fingerprint density at radius 1 is 1.22 bits per heavy atom. The monoisotopic (exact) mass is 328 g/mol. The molecule has 23 heavy (non-hydrogen) atoms. The largest absolute Gasteiger partial charge is 0.349 e. The lowest BCUT2D eigenvalue weighted by Gasteiger charge is -2.10. The average molecular weight is 328 g/mol. The van der Waals surface area contributed by atoms with Crippen LogP contribution in [-0.4, -0.2) is 30.8 Å². The number of hydrogen-bond acceptors (Lipinski definition) is 3. The van der Waals surface area contributed by atoms with E-state index in [0.717, 1.165) is 16.1 Å². The minimum absolute atomic E-state index is 0.0957. The summed E-state index contributed by atoms with van der Waals surface area (Å²) in [5.41, 5.74) is 1.76. The Hall–Kier alpha value is -2.40. The van der Waals surface area contributed by atoms with E-state index in [2.05, 4.69) is 5.32 Å². The van der Waals surface area contributed by atoms with Crippen LogP contribution in [0.1, 0.15) is 16.9 Å². The SMILES string of the molecule is CN(C)C(=O)CCc1cccc(NC(=O)/C=C/c2cccs2)c1.